The molecule has 0 aliphatic carbocycles. The monoisotopic (exact) mass is 394 g/mol. The molecule has 0 radical (unpaired) electrons. The van der Waals surface area contributed by atoms with Crippen molar-refractivity contribution < 1.29 is 13.2 Å². The molecule has 0 spiro atoms. The SMILES string of the molecule is CN(C(=O)Nc1ccccc1N1CCCCC1)C1CCN(S(C)(=O)=O)CC1. The summed E-state index contributed by atoms with van der Waals surface area (Å²) in [5.41, 5.74) is 1.91. The molecule has 2 aliphatic heterocycles. The lowest BCUT2D eigenvalue weighted by Gasteiger charge is -2.36. The summed E-state index contributed by atoms with van der Waals surface area (Å²) in [5, 5.41) is 3.06. The van der Waals surface area contributed by atoms with E-state index in [1.807, 2.05) is 18.2 Å². The Labute approximate surface area is 162 Å². The Hall–Kier alpha value is -1.80. The van der Waals surface area contributed by atoms with Gasteiger partial charge in [-0.3, -0.25) is 0 Å². The third kappa shape index (κ3) is 4.93. The zero-order chi connectivity index (χ0) is 19.4. The van der Waals surface area contributed by atoms with Crippen LogP contribution < -0.4 is 10.2 Å². The molecule has 1 aromatic rings. The van der Waals surface area contributed by atoms with Gasteiger partial charge in [0, 0.05) is 39.3 Å². The number of hydrogen-bond acceptors (Lipinski definition) is 4. The van der Waals surface area contributed by atoms with Crippen LogP contribution in [0.15, 0.2) is 24.3 Å². The predicted octanol–water partition coefficient (Wildman–Crippen LogP) is 2.56. The number of carbonyl (C=O) groups is 1. The lowest BCUT2D eigenvalue weighted by atomic mass is 10.1. The molecular formula is C19H30N4O3S. The molecule has 27 heavy (non-hydrogen) atoms. The van der Waals surface area contributed by atoms with Crippen LogP contribution in [0.25, 0.3) is 0 Å². The Morgan fingerprint density at radius 1 is 1.07 bits per heavy atom. The third-order valence-corrected chi connectivity index (χ3v) is 6.91. The molecule has 2 fully saturated rings. The predicted molar refractivity (Wildman–Crippen MR) is 109 cm³/mol. The fraction of sp³-hybridized carbons (Fsp3) is 0.632. The Bertz CT molecular complexity index is 754. The van der Waals surface area contributed by atoms with E-state index in [1.165, 1.54) is 29.8 Å². The maximum absolute atomic E-state index is 12.8. The van der Waals surface area contributed by atoms with Gasteiger partial charge in [0.15, 0.2) is 0 Å². The van der Waals surface area contributed by atoms with Crippen molar-refractivity contribution in [3.05, 3.63) is 24.3 Å². The fourth-order valence-electron chi connectivity index (χ4n) is 3.92. The van der Waals surface area contributed by atoms with Crippen LogP contribution in [-0.4, -0.2) is 69.2 Å². The van der Waals surface area contributed by atoms with Crippen LogP contribution in [0.1, 0.15) is 32.1 Å². The number of sulfonamides is 1. The van der Waals surface area contributed by atoms with E-state index in [0.29, 0.717) is 25.9 Å². The lowest BCUT2D eigenvalue weighted by Crippen LogP contribution is -2.48. The highest BCUT2D eigenvalue weighted by Gasteiger charge is 2.29. The summed E-state index contributed by atoms with van der Waals surface area (Å²) in [6.45, 7) is 2.97. The molecule has 0 unspecified atom stereocenters. The van der Waals surface area contributed by atoms with E-state index in [2.05, 4.69) is 16.3 Å². The standard InChI is InChI=1S/C19H30N4O3S/c1-21(16-10-14-23(15-11-16)27(2,25)26)19(24)20-17-8-4-5-9-18(17)22-12-6-3-7-13-22/h4-5,8-9,16H,3,6-7,10-15H2,1-2H3,(H,20,24). The van der Waals surface area contributed by atoms with Crippen molar-refractivity contribution in [1.29, 1.82) is 0 Å². The van der Waals surface area contributed by atoms with Crippen LogP contribution in [0, 0.1) is 0 Å². The Kier molecular flexibility index (Phi) is 6.26. The summed E-state index contributed by atoms with van der Waals surface area (Å²) in [6.07, 6.45) is 6.18. The van der Waals surface area contributed by atoms with Gasteiger partial charge < -0.3 is 15.1 Å². The number of nitrogens with one attached hydrogen (secondary N) is 1. The van der Waals surface area contributed by atoms with Gasteiger partial charge in [0.05, 0.1) is 17.6 Å². The molecule has 150 valence electrons. The average molecular weight is 395 g/mol. The zero-order valence-electron chi connectivity index (χ0n) is 16.2. The van der Waals surface area contributed by atoms with E-state index < -0.39 is 10.0 Å². The third-order valence-electron chi connectivity index (χ3n) is 5.60. The first-order valence-electron chi connectivity index (χ1n) is 9.69. The molecule has 0 saturated carbocycles. The number of hydrogen-bond donors (Lipinski definition) is 1. The van der Waals surface area contributed by atoms with Crippen LogP contribution in [0.4, 0.5) is 16.2 Å². The molecule has 1 N–H and O–H groups in total. The van der Waals surface area contributed by atoms with Gasteiger partial charge in [-0.1, -0.05) is 12.1 Å². The summed E-state index contributed by atoms with van der Waals surface area (Å²) in [5.74, 6) is 0. The number of nitrogens with zero attached hydrogens (tertiary/aromatic N) is 3. The smallest absolute Gasteiger partial charge is 0.321 e. The van der Waals surface area contributed by atoms with Crippen LogP contribution in [-0.2, 0) is 10.0 Å². The van der Waals surface area contributed by atoms with Crippen molar-refractivity contribution in [2.75, 3.05) is 49.7 Å². The van der Waals surface area contributed by atoms with Gasteiger partial charge in [-0.15, -0.1) is 0 Å². The molecule has 2 aliphatic rings. The van der Waals surface area contributed by atoms with E-state index in [-0.39, 0.29) is 12.1 Å². The number of amides is 2. The van der Waals surface area contributed by atoms with Crippen molar-refractivity contribution in [3.8, 4) is 0 Å². The number of para-hydroxylation sites is 2. The fourth-order valence-corrected chi connectivity index (χ4v) is 4.79. The first kappa shape index (κ1) is 19.9. The Balaban J connectivity index is 1.62. The van der Waals surface area contributed by atoms with Gasteiger partial charge in [0.25, 0.3) is 0 Å². The van der Waals surface area contributed by atoms with Gasteiger partial charge in [-0.25, -0.2) is 17.5 Å². The molecule has 0 atom stereocenters. The lowest BCUT2D eigenvalue weighted by molar-refractivity contribution is 0.174. The quantitative estimate of drug-likeness (QED) is 0.852. The summed E-state index contributed by atoms with van der Waals surface area (Å²) >= 11 is 0. The Morgan fingerprint density at radius 3 is 2.33 bits per heavy atom. The highest BCUT2D eigenvalue weighted by Crippen LogP contribution is 2.29. The molecule has 0 bridgehead atoms. The summed E-state index contributed by atoms with van der Waals surface area (Å²) in [6, 6.07) is 7.85. The van der Waals surface area contributed by atoms with E-state index >= 15 is 0 Å². The zero-order valence-corrected chi connectivity index (χ0v) is 17.0. The van der Waals surface area contributed by atoms with Gasteiger partial charge >= 0.3 is 6.03 Å². The first-order valence-corrected chi connectivity index (χ1v) is 11.5. The normalized spacial score (nSPS) is 19.7. The van der Waals surface area contributed by atoms with Gasteiger partial charge in [0.1, 0.15) is 0 Å². The number of carbonyl (C=O) groups excluding carboxylic acids is 1. The minimum atomic E-state index is -3.15. The van der Waals surface area contributed by atoms with Crippen molar-refractivity contribution >= 4 is 27.4 Å². The van der Waals surface area contributed by atoms with Crippen LogP contribution in [0.2, 0.25) is 0 Å². The highest BCUT2D eigenvalue weighted by atomic mass is 32.2. The van der Waals surface area contributed by atoms with Gasteiger partial charge in [-0.2, -0.15) is 0 Å². The van der Waals surface area contributed by atoms with Gasteiger partial charge in [0.2, 0.25) is 10.0 Å². The Morgan fingerprint density at radius 2 is 1.70 bits per heavy atom. The average Bonchev–Trinajstić information content (AvgIpc) is 2.68. The second-order valence-electron chi connectivity index (χ2n) is 7.50. The van der Waals surface area contributed by atoms with Crippen molar-refractivity contribution in [3.63, 3.8) is 0 Å². The molecule has 3 rings (SSSR count). The van der Waals surface area contributed by atoms with E-state index in [4.69, 9.17) is 0 Å². The number of anilines is 2. The molecule has 2 heterocycles. The second-order valence-corrected chi connectivity index (χ2v) is 9.48. The molecule has 1 aromatic carbocycles. The largest absolute Gasteiger partial charge is 0.370 e. The minimum Gasteiger partial charge on any atom is -0.370 e. The molecular weight excluding hydrogens is 364 g/mol. The van der Waals surface area contributed by atoms with Crippen LogP contribution >= 0.6 is 0 Å². The van der Waals surface area contributed by atoms with Crippen LogP contribution in [0.3, 0.4) is 0 Å². The van der Waals surface area contributed by atoms with E-state index in [0.717, 1.165) is 24.5 Å². The maximum atomic E-state index is 12.8. The van der Waals surface area contributed by atoms with E-state index in [9.17, 15) is 13.2 Å². The number of urea groups is 1. The molecule has 7 nitrogen and oxygen atoms in total. The van der Waals surface area contributed by atoms with Gasteiger partial charge in [-0.05, 0) is 44.2 Å². The molecule has 2 saturated heterocycles. The molecule has 8 heteroatoms. The number of benzene rings is 1. The van der Waals surface area contributed by atoms with Crippen LogP contribution in [0.5, 0.6) is 0 Å². The highest BCUT2D eigenvalue weighted by molar-refractivity contribution is 7.88. The molecule has 0 aromatic heterocycles. The minimum absolute atomic E-state index is 0.0464. The van der Waals surface area contributed by atoms with Crippen molar-refractivity contribution in [1.82, 2.24) is 9.21 Å². The number of rotatable bonds is 4. The number of piperidine rings is 2. The summed E-state index contributed by atoms with van der Waals surface area (Å²) < 4.78 is 24.8. The summed E-state index contributed by atoms with van der Waals surface area (Å²) in [4.78, 5) is 16.8. The van der Waals surface area contributed by atoms with Crippen molar-refractivity contribution in [2.45, 2.75) is 38.1 Å². The molecule has 2 amide bonds. The van der Waals surface area contributed by atoms with E-state index in [1.54, 1.807) is 11.9 Å². The first-order chi connectivity index (χ1) is 12.9. The van der Waals surface area contributed by atoms with Crippen molar-refractivity contribution in [2.24, 2.45) is 0 Å². The topological polar surface area (TPSA) is 73.0 Å². The second kappa shape index (κ2) is 8.48. The maximum Gasteiger partial charge on any atom is 0.321 e. The summed E-state index contributed by atoms with van der Waals surface area (Å²) in [7, 11) is -1.36.